The molecule has 62 valence electrons. The summed E-state index contributed by atoms with van der Waals surface area (Å²) in [6.07, 6.45) is 1.93. The molecule has 0 amide bonds. The maximum absolute atomic E-state index is 4.15. The Kier molecular flexibility index (Phi) is 2.06. The first-order chi connectivity index (χ1) is 5.81. The Morgan fingerprint density at radius 2 is 2.25 bits per heavy atom. The number of fused-ring (bicyclic) bond motifs is 1. The second kappa shape index (κ2) is 3.06. The van der Waals surface area contributed by atoms with Gasteiger partial charge < -0.3 is 0 Å². The van der Waals surface area contributed by atoms with Crippen LogP contribution in [0, 0.1) is 0 Å². The standard InChI is InChI=1S/C7H6BrN3S/c8-5-1-2-6-9-10-7(4-12)11(6)3-5/h1-3,12H,4H2. The zero-order chi connectivity index (χ0) is 8.55. The highest BCUT2D eigenvalue weighted by molar-refractivity contribution is 9.10. The Hall–Kier alpha value is -0.550. The molecule has 0 aliphatic carbocycles. The summed E-state index contributed by atoms with van der Waals surface area (Å²) in [6.45, 7) is 0. The Labute approximate surface area is 83.3 Å². The number of aromatic nitrogens is 3. The maximum atomic E-state index is 4.15. The largest absolute Gasteiger partial charge is 0.285 e. The fourth-order valence-corrected chi connectivity index (χ4v) is 1.57. The number of pyridine rings is 1. The summed E-state index contributed by atoms with van der Waals surface area (Å²) in [4.78, 5) is 0. The first-order valence-electron chi connectivity index (χ1n) is 3.41. The molecule has 3 nitrogen and oxygen atoms in total. The van der Waals surface area contributed by atoms with Crippen LogP contribution in [0.25, 0.3) is 5.65 Å². The van der Waals surface area contributed by atoms with Crippen LogP contribution in [0.3, 0.4) is 0 Å². The van der Waals surface area contributed by atoms with Crippen molar-refractivity contribution in [2.75, 3.05) is 0 Å². The summed E-state index contributed by atoms with van der Waals surface area (Å²) < 4.78 is 2.93. The third-order valence-electron chi connectivity index (χ3n) is 1.58. The minimum atomic E-state index is 0.595. The van der Waals surface area contributed by atoms with E-state index < -0.39 is 0 Å². The molecular formula is C7H6BrN3S. The van der Waals surface area contributed by atoms with Crippen LogP contribution in [-0.4, -0.2) is 14.6 Å². The van der Waals surface area contributed by atoms with Gasteiger partial charge in [-0.05, 0) is 28.1 Å². The minimum Gasteiger partial charge on any atom is -0.285 e. The van der Waals surface area contributed by atoms with Crippen molar-refractivity contribution < 1.29 is 0 Å². The van der Waals surface area contributed by atoms with Gasteiger partial charge in [-0.25, -0.2) is 0 Å². The maximum Gasteiger partial charge on any atom is 0.160 e. The van der Waals surface area contributed by atoms with E-state index in [9.17, 15) is 0 Å². The molecule has 2 aromatic heterocycles. The van der Waals surface area contributed by atoms with Gasteiger partial charge in [0.25, 0.3) is 0 Å². The first kappa shape index (κ1) is 8.07. The van der Waals surface area contributed by atoms with E-state index in [0.29, 0.717) is 5.75 Å². The number of thiol groups is 1. The van der Waals surface area contributed by atoms with Gasteiger partial charge in [0, 0.05) is 10.7 Å². The van der Waals surface area contributed by atoms with Crippen LogP contribution in [-0.2, 0) is 5.75 Å². The summed E-state index contributed by atoms with van der Waals surface area (Å²) in [5.41, 5.74) is 0.849. The van der Waals surface area contributed by atoms with Crippen LogP contribution >= 0.6 is 28.6 Å². The van der Waals surface area contributed by atoms with Crippen molar-refractivity contribution in [1.82, 2.24) is 14.6 Å². The van der Waals surface area contributed by atoms with Gasteiger partial charge in [-0.2, -0.15) is 12.6 Å². The van der Waals surface area contributed by atoms with Crippen LogP contribution in [0.1, 0.15) is 5.82 Å². The molecule has 0 N–H and O–H groups in total. The Bertz CT molecular complexity index is 412. The fourth-order valence-electron chi connectivity index (χ4n) is 1.02. The normalized spacial score (nSPS) is 10.8. The highest BCUT2D eigenvalue weighted by Gasteiger charge is 2.02. The fraction of sp³-hybridized carbons (Fsp3) is 0.143. The molecular weight excluding hydrogens is 238 g/mol. The smallest absolute Gasteiger partial charge is 0.160 e. The third-order valence-corrected chi connectivity index (χ3v) is 2.33. The Morgan fingerprint density at radius 1 is 1.42 bits per heavy atom. The lowest BCUT2D eigenvalue weighted by Crippen LogP contribution is -1.90. The zero-order valence-corrected chi connectivity index (χ0v) is 8.59. The lowest BCUT2D eigenvalue weighted by molar-refractivity contribution is 0.991. The molecule has 0 bridgehead atoms. The van der Waals surface area contributed by atoms with Crippen molar-refractivity contribution in [2.45, 2.75) is 5.75 Å². The molecule has 2 aromatic rings. The van der Waals surface area contributed by atoms with Gasteiger partial charge in [0.1, 0.15) is 5.82 Å². The van der Waals surface area contributed by atoms with Gasteiger partial charge in [-0.3, -0.25) is 4.40 Å². The number of hydrogen-bond donors (Lipinski definition) is 1. The van der Waals surface area contributed by atoms with E-state index in [1.54, 1.807) is 0 Å². The molecule has 12 heavy (non-hydrogen) atoms. The molecule has 0 atom stereocenters. The number of rotatable bonds is 1. The number of hydrogen-bond acceptors (Lipinski definition) is 3. The second-order valence-electron chi connectivity index (χ2n) is 2.35. The van der Waals surface area contributed by atoms with E-state index in [1.807, 2.05) is 22.7 Å². The van der Waals surface area contributed by atoms with E-state index >= 15 is 0 Å². The first-order valence-corrected chi connectivity index (χ1v) is 4.84. The molecule has 0 radical (unpaired) electrons. The van der Waals surface area contributed by atoms with Crippen molar-refractivity contribution in [3.63, 3.8) is 0 Å². The van der Waals surface area contributed by atoms with Crippen molar-refractivity contribution >= 4 is 34.2 Å². The monoisotopic (exact) mass is 243 g/mol. The predicted octanol–water partition coefficient (Wildman–Crippen LogP) is 1.92. The topological polar surface area (TPSA) is 30.2 Å². The quantitative estimate of drug-likeness (QED) is 0.777. The van der Waals surface area contributed by atoms with Crippen molar-refractivity contribution in [2.24, 2.45) is 0 Å². The van der Waals surface area contributed by atoms with Gasteiger partial charge in [-0.1, -0.05) is 0 Å². The average molecular weight is 244 g/mol. The lowest BCUT2D eigenvalue weighted by Gasteiger charge is -1.95. The van der Waals surface area contributed by atoms with Gasteiger partial charge in [-0.15, -0.1) is 10.2 Å². The predicted molar refractivity (Wildman–Crippen MR) is 53.4 cm³/mol. The average Bonchev–Trinajstić information content (AvgIpc) is 2.46. The summed E-state index contributed by atoms with van der Waals surface area (Å²) in [5, 5.41) is 7.94. The van der Waals surface area contributed by atoms with Crippen molar-refractivity contribution in [1.29, 1.82) is 0 Å². The van der Waals surface area contributed by atoms with Crippen LogP contribution in [0.2, 0.25) is 0 Å². The molecule has 0 aliphatic rings. The Balaban J connectivity index is 2.75. The van der Waals surface area contributed by atoms with E-state index in [0.717, 1.165) is 15.9 Å². The van der Waals surface area contributed by atoms with E-state index in [4.69, 9.17) is 0 Å². The Morgan fingerprint density at radius 3 is 3.00 bits per heavy atom. The second-order valence-corrected chi connectivity index (χ2v) is 3.58. The van der Waals surface area contributed by atoms with Crippen molar-refractivity contribution in [3.8, 4) is 0 Å². The highest BCUT2D eigenvalue weighted by atomic mass is 79.9. The van der Waals surface area contributed by atoms with Crippen LogP contribution < -0.4 is 0 Å². The molecule has 0 aromatic carbocycles. The lowest BCUT2D eigenvalue weighted by atomic mass is 10.5. The molecule has 5 heteroatoms. The van der Waals surface area contributed by atoms with Gasteiger partial charge in [0.05, 0.1) is 5.75 Å². The molecule has 0 saturated carbocycles. The molecule has 2 heterocycles. The van der Waals surface area contributed by atoms with Crippen LogP contribution in [0.4, 0.5) is 0 Å². The zero-order valence-electron chi connectivity index (χ0n) is 6.11. The summed E-state index contributed by atoms with van der Waals surface area (Å²) in [7, 11) is 0. The molecule has 0 saturated heterocycles. The van der Waals surface area contributed by atoms with Gasteiger partial charge in [0.2, 0.25) is 0 Å². The third kappa shape index (κ3) is 1.23. The molecule has 0 aliphatic heterocycles. The number of nitrogens with zero attached hydrogens (tertiary/aromatic N) is 3. The van der Waals surface area contributed by atoms with Crippen LogP contribution in [0.15, 0.2) is 22.8 Å². The molecule has 2 rings (SSSR count). The summed E-state index contributed by atoms with van der Waals surface area (Å²) >= 11 is 7.53. The van der Waals surface area contributed by atoms with Gasteiger partial charge in [0.15, 0.2) is 5.65 Å². The van der Waals surface area contributed by atoms with E-state index in [-0.39, 0.29) is 0 Å². The van der Waals surface area contributed by atoms with E-state index in [1.165, 1.54) is 0 Å². The highest BCUT2D eigenvalue weighted by Crippen LogP contribution is 2.12. The van der Waals surface area contributed by atoms with Gasteiger partial charge >= 0.3 is 0 Å². The minimum absolute atomic E-state index is 0.595. The van der Waals surface area contributed by atoms with Crippen LogP contribution in [0.5, 0.6) is 0 Å². The molecule has 0 unspecified atom stereocenters. The number of halogens is 1. The molecule has 0 fully saturated rings. The molecule has 0 spiro atoms. The van der Waals surface area contributed by atoms with E-state index in [2.05, 4.69) is 38.8 Å². The summed E-state index contributed by atoms with van der Waals surface area (Å²) in [5.74, 6) is 1.45. The summed E-state index contributed by atoms with van der Waals surface area (Å²) in [6, 6.07) is 3.84. The van der Waals surface area contributed by atoms with Crippen molar-refractivity contribution in [3.05, 3.63) is 28.6 Å². The SMILES string of the molecule is SCc1nnc2ccc(Br)cn12.